The zero-order valence-electron chi connectivity index (χ0n) is 15.0. The first-order chi connectivity index (χ1) is 12.5. The molecule has 1 amide bonds. The lowest BCUT2D eigenvalue weighted by molar-refractivity contribution is -0.136. The average molecular weight is 391 g/mol. The lowest BCUT2D eigenvalue weighted by Gasteiger charge is -2.34. The molecule has 0 aromatic heterocycles. The van der Waals surface area contributed by atoms with Crippen LogP contribution >= 0.6 is 23.2 Å². The summed E-state index contributed by atoms with van der Waals surface area (Å²) in [6, 6.07) is 15.7. The van der Waals surface area contributed by atoms with E-state index in [0.29, 0.717) is 16.6 Å². The maximum atomic E-state index is 12.9. The fraction of sp³-hybridized carbons (Fsp3) is 0.381. The van der Waals surface area contributed by atoms with Crippen molar-refractivity contribution in [3.05, 3.63) is 69.7 Å². The number of benzene rings is 2. The van der Waals surface area contributed by atoms with Crippen molar-refractivity contribution in [3.8, 4) is 0 Å². The summed E-state index contributed by atoms with van der Waals surface area (Å²) in [6.45, 7) is 3.17. The highest BCUT2D eigenvalue weighted by Gasteiger charge is 2.28. The van der Waals surface area contributed by atoms with Gasteiger partial charge in [-0.05, 0) is 42.6 Å². The van der Waals surface area contributed by atoms with Gasteiger partial charge < -0.3 is 4.90 Å². The van der Waals surface area contributed by atoms with Gasteiger partial charge in [-0.15, -0.1) is 0 Å². The van der Waals surface area contributed by atoms with Crippen LogP contribution in [0.3, 0.4) is 0 Å². The molecule has 0 unspecified atom stereocenters. The molecule has 3 rings (SSSR count). The highest BCUT2D eigenvalue weighted by Crippen LogP contribution is 2.25. The number of hydrogen-bond donors (Lipinski definition) is 0. The molecule has 0 N–H and O–H groups in total. The SMILES string of the molecule is CN(Cc1ccccc1)C(=O)[C@H]1CCCN(Cc2ccc(Cl)cc2Cl)C1. The molecular formula is C21H24Cl2N2O. The predicted octanol–water partition coefficient (Wildman–Crippen LogP) is 4.86. The number of piperidine rings is 1. The molecule has 3 nitrogen and oxygen atoms in total. The molecule has 0 bridgehead atoms. The van der Waals surface area contributed by atoms with Crippen LogP contribution in [-0.2, 0) is 17.9 Å². The molecule has 0 spiro atoms. The van der Waals surface area contributed by atoms with E-state index in [4.69, 9.17) is 23.2 Å². The second kappa shape index (κ2) is 8.90. The van der Waals surface area contributed by atoms with Crippen LogP contribution in [0, 0.1) is 5.92 Å². The molecule has 138 valence electrons. The predicted molar refractivity (Wildman–Crippen MR) is 107 cm³/mol. The molecule has 1 aliphatic heterocycles. The molecule has 2 aromatic carbocycles. The second-order valence-electron chi connectivity index (χ2n) is 6.99. The Labute approximate surface area is 165 Å². The van der Waals surface area contributed by atoms with E-state index in [1.165, 1.54) is 0 Å². The summed E-state index contributed by atoms with van der Waals surface area (Å²) < 4.78 is 0. The molecule has 1 fully saturated rings. The van der Waals surface area contributed by atoms with E-state index in [-0.39, 0.29) is 11.8 Å². The third-order valence-electron chi connectivity index (χ3n) is 4.90. The van der Waals surface area contributed by atoms with Gasteiger partial charge in [-0.1, -0.05) is 59.6 Å². The number of carbonyl (C=O) groups excluding carboxylic acids is 1. The van der Waals surface area contributed by atoms with Gasteiger partial charge in [-0.2, -0.15) is 0 Å². The fourth-order valence-corrected chi connectivity index (χ4v) is 4.01. The summed E-state index contributed by atoms with van der Waals surface area (Å²) in [7, 11) is 1.89. The van der Waals surface area contributed by atoms with Crippen LogP contribution < -0.4 is 0 Å². The van der Waals surface area contributed by atoms with Gasteiger partial charge in [0, 0.05) is 36.7 Å². The molecule has 1 heterocycles. The minimum atomic E-state index is 0.0449. The first-order valence-electron chi connectivity index (χ1n) is 8.98. The van der Waals surface area contributed by atoms with Crippen LogP contribution in [0.5, 0.6) is 0 Å². The Kier molecular flexibility index (Phi) is 6.58. The minimum Gasteiger partial charge on any atom is -0.341 e. The number of amides is 1. The van der Waals surface area contributed by atoms with Gasteiger partial charge in [0.15, 0.2) is 0 Å². The van der Waals surface area contributed by atoms with Crippen LogP contribution in [0.15, 0.2) is 48.5 Å². The van der Waals surface area contributed by atoms with Crippen molar-refractivity contribution in [1.82, 2.24) is 9.80 Å². The summed E-state index contributed by atoms with van der Waals surface area (Å²) in [4.78, 5) is 17.0. The van der Waals surface area contributed by atoms with E-state index in [2.05, 4.69) is 17.0 Å². The Morgan fingerprint density at radius 3 is 2.69 bits per heavy atom. The van der Waals surface area contributed by atoms with Gasteiger partial charge in [0.1, 0.15) is 0 Å². The number of nitrogens with zero attached hydrogens (tertiary/aromatic N) is 2. The van der Waals surface area contributed by atoms with Crippen molar-refractivity contribution in [2.45, 2.75) is 25.9 Å². The summed E-state index contributed by atoms with van der Waals surface area (Å²) >= 11 is 12.3. The molecule has 0 saturated carbocycles. The number of hydrogen-bond acceptors (Lipinski definition) is 2. The van der Waals surface area contributed by atoms with Crippen molar-refractivity contribution in [2.24, 2.45) is 5.92 Å². The zero-order chi connectivity index (χ0) is 18.5. The third-order valence-corrected chi connectivity index (χ3v) is 5.49. The molecule has 2 aromatic rings. The first-order valence-corrected chi connectivity index (χ1v) is 9.73. The molecule has 26 heavy (non-hydrogen) atoms. The molecule has 1 saturated heterocycles. The second-order valence-corrected chi connectivity index (χ2v) is 7.83. The zero-order valence-corrected chi connectivity index (χ0v) is 16.5. The van der Waals surface area contributed by atoms with Crippen molar-refractivity contribution in [3.63, 3.8) is 0 Å². The number of rotatable bonds is 5. The van der Waals surface area contributed by atoms with Crippen molar-refractivity contribution in [2.75, 3.05) is 20.1 Å². The summed E-state index contributed by atoms with van der Waals surface area (Å²) in [5.74, 6) is 0.268. The largest absolute Gasteiger partial charge is 0.341 e. The Balaban J connectivity index is 1.59. The minimum absolute atomic E-state index is 0.0449. The molecule has 1 atom stereocenters. The van der Waals surface area contributed by atoms with Crippen LogP contribution in [-0.4, -0.2) is 35.8 Å². The quantitative estimate of drug-likeness (QED) is 0.727. The lowest BCUT2D eigenvalue weighted by atomic mass is 9.96. The molecule has 5 heteroatoms. The number of carbonyl (C=O) groups is 1. The van der Waals surface area contributed by atoms with Gasteiger partial charge in [-0.25, -0.2) is 0 Å². The van der Waals surface area contributed by atoms with E-state index >= 15 is 0 Å². The van der Waals surface area contributed by atoms with Crippen LogP contribution in [0.2, 0.25) is 10.0 Å². The molecule has 0 aliphatic carbocycles. The maximum Gasteiger partial charge on any atom is 0.227 e. The van der Waals surface area contributed by atoms with Gasteiger partial charge in [0.05, 0.1) is 5.92 Å². The molecule has 1 aliphatic rings. The van der Waals surface area contributed by atoms with Gasteiger partial charge in [0.25, 0.3) is 0 Å². The van der Waals surface area contributed by atoms with Crippen LogP contribution in [0.1, 0.15) is 24.0 Å². The standard InChI is InChI=1S/C21H24Cl2N2O/c1-24(13-16-6-3-2-4-7-16)21(26)18-8-5-11-25(15-18)14-17-9-10-19(22)12-20(17)23/h2-4,6-7,9-10,12,18H,5,8,11,13-15H2,1H3/t18-/m0/s1. The fourth-order valence-electron chi connectivity index (χ4n) is 3.54. The molecule has 0 radical (unpaired) electrons. The number of halogens is 2. The maximum absolute atomic E-state index is 12.9. The lowest BCUT2D eigenvalue weighted by Crippen LogP contribution is -2.43. The van der Waals surface area contributed by atoms with Gasteiger partial charge >= 0.3 is 0 Å². The highest BCUT2D eigenvalue weighted by atomic mass is 35.5. The summed E-state index contributed by atoms with van der Waals surface area (Å²) in [6.07, 6.45) is 1.98. The average Bonchev–Trinajstić information content (AvgIpc) is 2.64. The van der Waals surface area contributed by atoms with Crippen LogP contribution in [0.25, 0.3) is 0 Å². The Hall–Kier alpha value is -1.55. The first kappa shape index (κ1) is 19.2. The van der Waals surface area contributed by atoms with E-state index in [1.807, 2.05) is 42.3 Å². The van der Waals surface area contributed by atoms with E-state index in [1.54, 1.807) is 6.07 Å². The van der Waals surface area contributed by atoms with E-state index in [9.17, 15) is 4.79 Å². The van der Waals surface area contributed by atoms with E-state index < -0.39 is 0 Å². The smallest absolute Gasteiger partial charge is 0.227 e. The molecular weight excluding hydrogens is 367 g/mol. The Morgan fingerprint density at radius 1 is 1.19 bits per heavy atom. The topological polar surface area (TPSA) is 23.6 Å². The highest BCUT2D eigenvalue weighted by molar-refractivity contribution is 6.35. The Bertz CT molecular complexity index is 751. The number of likely N-dealkylation sites (tertiary alicyclic amines) is 1. The van der Waals surface area contributed by atoms with Crippen molar-refractivity contribution >= 4 is 29.1 Å². The van der Waals surface area contributed by atoms with Gasteiger partial charge in [0.2, 0.25) is 5.91 Å². The van der Waals surface area contributed by atoms with Gasteiger partial charge in [-0.3, -0.25) is 9.69 Å². The normalized spacial score (nSPS) is 17.9. The van der Waals surface area contributed by atoms with Crippen molar-refractivity contribution in [1.29, 1.82) is 0 Å². The summed E-state index contributed by atoms with van der Waals surface area (Å²) in [5.41, 5.74) is 2.21. The summed E-state index contributed by atoms with van der Waals surface area (Å²) in [5, 5.41) is 1.33. The monoisotopic (exact) mass is 390 g/mol. The van der Waals surface area contributed by atoms with Crippen molar-refractivity contribution < 1.29 is 4.79 Å². The Morgan fingerprint density at radius 2 is 1.96 bits per heavy atom. The van der Waals surface area contributed by atoms with E-state index in [0.717, 1.165) is 43.6 Å². The third kappa shape index (κ3) is 5.00. The van der Waals surface area contributed by atoms with Crippen LogP contribution in [0.4, 0.5) is 0 Å².